The number of nitrogens with zero attached hydrogens (tertiary/aromatic N) is 5. The summed E-state index contributed by atoms with van der Waals surface area (Å²) in [6, 6.07) is 14.0. The van der Waals surface area contributed by atoms with Crippen LogP contribution in [0.1, 0.15) is 13.3 Å². The molecule has 0 fully saturated rings. The number of para-hydroxylation sites is 1. The van der Waals surface area contributed by atoms with Gasteiger partial charge >= 0.3 is 0 Å². The number of thioether (sulfide) groups is 1. The Morgan fingerprint density at radius 1 is 1.14 bits per heavy atom. The first kappa shape index (κ1) is 20.9. The maximum Gasteiger partial charge on any atom is 0.230 e. The molecule has 3 aromatic rings. The average molecular weight is 411 g/mol. The highest BCUT2D eigenvalue weighted by Gasteiger charge is 2.14. The monoisotopic (exact) mass is 410 g/mol. The van der Waals surface area contributed by atoms with E-state index in [1.54, 1.807) is 12.4 Å². The largest absolute Gasteiger partial charge is 0.375 e. The van der Waals surface area contributed by atoms with Gasteiger partial charge in [-0.25, -0.2) is 0 Å². The third-order valence-corrected chi connectivity index (χ3v) is 5.46. The summed E-state index contributed by atoms with van der Waals surface area (Å²) in [4.78, 5) is 18.4. The van der Waals surface area contributed by atoms with E-state index in [4.69, 9.17) is 0 Å². The van der Waals surface area contributed by atoms with Crippen LogP contribution in [0.2, 0.25) is 0 Å². The first-order valence-corrected chi connectivity index (χ1v) is 10.7. The van der Waals surface area contributed by atoms with E-state index in [-0.39, 0.29) is 5.91 Å². The van der Waals surface area contributed by atoms with Crippen LogP contribution in [0, 0.1) is 0 Å². The van der Waals surface area contributed by atoms with Gasteiger partial charge < -0.3 is 14.8 Å². The van der Waals surface area contributed by atoms with Crippen molar-refractivity contribution in [3.63, 3.8) is 0 Å². The SMILES string of the molecule is CCn1c(SCC(=O)NCCCN(C)c2ccccc2)nnc1-c1ccncc1. The highest BCUT2D eigenvalue weighted by Crippen LogP contribution is 2.23. The Hall–Kier alpha value is -2.87. The fourth-order valence-corrected chi connectivity index (χ4v) is 3.76. The highest BCUT2D eigenvalue weighted by atomic mass is 32.2. The maximum atomic E-state index is 12.2. The lowest BCUT2D eigenvalue weighted by atomic mass is 10.2. The van der Waals surface area contributed by atoms with E-state index < -0.39 is 0 Å². The number of amides is 1. The number of rotatable bonds is 10. The number of benzene rings is 1. The third-order valence-electron chi connectivity index (χ3n) is 4.49. The van der Waals surface area contributed by atoms with Crippen LogP contribution in [0.5, 0.6) is 0 Å². The van der Waals surface area contributed by atoms with Crippen LogP contribution in [0.3, 0.4) is 0 Å². The van der Waals surface area contributed by atoms with Crippen molar-refractivity contribution in [2.75, 3.05) is 30.8 Å². The van der Waals surface area contributed by atoms with Crippen molar-refractivity contribution in [3.8, 4) is 11.4 Å². The number of nitrogens with one attached hydrogen (secondary N) is 1. The van der Waals surface area contributed by atoms with Crippen LogP contribution in [-0.2, 0) is 11.3 Å². The van der Waals surface area contributed by atoms with Gasteiger partial charge in [-0.1, -0.05) is 30.0 Å². The molecule has 2 heterocycles. The highest BCUT2D eigenvalue weighted by molar-refractivity contribution is 7.99. The second-order valence-electron chi connectivity index (χ2n) is 6.54. The van der Waals surface area contributed by atoms with Crippen molar-refractivity contribution in [3.05, 3.63) is 54.9 Å². The van der Waals surface area contributed by atoms with Gasteiger partial charge in [-0.15, -0.1) is 10.2 Å². The summed E-state index contributed by atoms with van der Waals surface area (Å²) in [5.41, 5.74) is 2.14. The van der Waals surface area contributed by atoms with Gasteiger partial charge in [-0.3, -0.25) is 9.78 Å². The standard InChI is InChI=1S/C21H26N6OS/c1-3-27-20(17-10-13-22-14-11-17)24-25-21(27)29-16-19(28)23-12-7-15-26(2)18-8-5-4-6-9-18/h4-6,8-11,13-14H,3,7,12,15-16H2,1-2H3,(H,23,28). The van der Waals surface area contributed by atoms with E-state index in [0.717, 1.165) is 36.1 Å². The summed E-state index contributed by atoms with van der Waals surface area (Å²) in [6.07, 6.45) is 4.36. The first-order valence-electron chi connectivity index (χ1n) is 9.68. The topological polar surface area (TPSA) is 75.9 Å². The Morgan fingerprint density at radius 2 is 1.90 bits per heavy atom. The molecule has 0 aliphatic rings. The van der Waals surface area contributed by atoms with Gasteiger partial charge in [0.1, 0.15) is 0 Å². The normalized spacial score (nSPS) is 10.7. The number of aromatic nitrogens is 4. The van der Waals surface area contributed by atoms with E-state index in [0.29, 0.717) is 12.3 Å². The van der Waals surface area contributed by atoms with Crippen LogP contribution in [0.25, 0.3) is 11.4 Å². The Morgan fingerprint density at radius 3 is 2.62 bits per heavy atom. The molecule has 29 heavy (non-hydrogen) atoms. The maximum absolute atomic E-state index is 12.2. The van der Waals surface area contributed by atoms with Crippen molar-refractivity contribution in [2.24, 2.45) is 0 Å². The lowest BCUT2D eigenvalue weighted by molar-refractivity contribution is -0.118. The van der Waals surface area contributed by atoms with Crippen LogP contribution in [0.4, 0.5) is 5.69 Å². The minimum absolute atomic E-state index is 0.00785. The molecule has 152 valence electrons. The van der Waals surface area contributed by atoms with Crippen molar-refractivity contribution in [1.82, 2.24) is 25.1 Å². The number of carbonyl (C=O) groups excluding carboxylic acids is 1. The van der Waals surface area contributed by atoms with E-state index in [1.807, 2.05) is 41.8 Å². The molecule has 0 radical (unpaired) electrons. The second kappa shape index (κ2) is 10.6. The molecule has 0 saturated carbocycles. The lowest BCUT2D eigenvalue weighted by Crippen LogP contribution is -2.29. The van der Waals surface area contributed by atoms with Gasteiger partial charge in [0.25, 0.3) is 0 Å². The summed E-state index contributed by atoms with van der Waals surface area (Å²) in [6.45, 7) is 4.32. The first-order chi connectivity index (χ1) is 14.2. The fourth-order valence-electron chi connectivity index (χ4n) is 2.93. The van der Waals surface area contributed by atoms with Crippen LogP contribution >= 0.6 is 11.8 Å². The van der Waals surface area contributed by atoms with Gasteiger partial charge in [-0.2, -0.15) is 0 Å². The van der Waals surface area contributed by atoms with E-state index in [9.17, 15) is 4.79 Å². The summed E-state index contributed by atoms with van der Waals surface area (Å²) in [5, 5.41) is 12.3. The number of pyridine rings is 1. The molecule has 0 spiro atoms. The Balaban J connectivity index is 1.43. The van der Waals surface area contributed by atoms with Crippen molar-refractivity contribution < 1.29 is 4.79 Å². The van der Waals surface area contributed by atoms with Crippen LogP contribution in [0.15, 0.2) is 60.0 Å². The lowest BCUT2D eigenvalue weighted by Gasteiger charge is -2.19. The summed E-state index contributed by atoms with van der Waals surface area (Å²) < 4.78 is 2.02. The molecule has 0 aliphatic heterocycles. The third kappa shape index (κ3) is 5.80. The zero-order valence-electron chi connectivity index (χ0n) is 16.8. The van der Waals surface area contributed by atoms with Gasteiger partial charge in [0.2, 0.25) is 5.91 Å². The molecule has 8 heteroatoms. The Kier molecular flexibility index (Phi) is 7.63. The molecule has 0 saturated heterocycles. The van der Waals surface area contributed by atoms with E-state index in [1.165, 1.54) is 17.4 Å². The van der Waals surface area contributed by atoms with Crippen LogP contribution < -0.4 is 10.2 Å². The molecular weight excluding hydrogens is 384 g/mol. The van der Waals surface area contributed by atoms with Crippen molar-refractivity contribution in [2.45, 2.75) is 25.0 Å². The Labute approximate surface area is 175 Å². The number of hydrogen-bond donors (Lipinski definition) is 1. The predicted molar refractivity (Wildman–Crippen MR) is 117 cm³/mol. The summed E-state index contributed by atoms with van der Waals surface area (Å²) in [5.74, 6) is 1.12. The van der Waals surface area contributed by atoms with Crippen molar-refractivity contribution >= 4 is 23.4 Å². The van der Waals surface area contributed by atoms with Gasteiger partial charge in [0.15, 0.2) is 11.0 Å². The molecule has 0 atom stereocenters. The molecule has 7 nitrogen and oxygen atoms in total. The van der Waals surface area contributed by atoms with Crippen molar-refractivity contribution in [1.29, 1.82) is 0 Å². The molecule has 0 aliphatic carbocycles. The summed E-state index contributed by atoms with van der Waals surface area (Å²) in [7, 11) is 2.06. The molecule has 0 bridgehead atoms. The molecule has 3 rings (SSSR count). The number of hydrogen-bond acceptors (Lipinski definition) is 6. The molecule has 0 unspecified atom stereocenters. The van der Waals surface area contributed by atoms with Gasteiger partial charge in [0.05, 0.1) is 5.75 Å². The van der Waals surface area contributed by atoms with E-state index >= 15 is 0 Å². The molecular formula is C21H26N6OS. The van der Waals surface area contributed by atoms with E-state index in [2.05, 4.69) is 44.6 Å². The minimum atomic E-state index is 0.00785. The fraction of sp³-hybridized carbons (Fsp3) is 0.333. The number of anilines is 1. The molecule has 1 N–H and O–H groups in total. The van der Waals surface area contributed by atoms with Crippen LogP contribution in [-0.4, -0.2) is 51.5 Å². The second-order valence-corrected chi connectivity index (χ2v) is 7.48. The molecule has 1 aromatic carbocycles. The smallest absolute Gasteiger partial charge is 0.230 e. The molecule has 2 aromatic heterocycles. The average Bonchev–Trinajstić information content (AvgIpc) is 3.19. The zero-order valence-corrected chi connectivity index (χ0v) is 17.6. The van der Waals surface area contributed by atoms with Gasteiger partial charge in [0, 0.05) is 50.3 Å². The quantitative estimate of drug-likeness (QED) is 0.409. The van der Waals surface area contributed by atoms with Gasteiger partial charge in [-0.05, 0) is 37.6 Å². The minimum Gasteiger partial charge on any atom is -0.375 e. The molecule has 1 amide bonds. The zero-order chi connectivity index (χ0) is 20.5. The summed E-state index contributed by atoms with van der Waals surface area (Å²) >= 11 is 1.41. The number of carbonyl (C=O) groups is 1. The Bertz CT molecular complexity index is 900. The predicted octanol–water partition coefficient (Wildman–Crippen LogP) is 3.09.